The van der Waals surface area contributed by atoms with Gasteiger partial charge in [-0.05, 0) is 25.0 Å². The van der Waals surface area contributed by atoms with Crippen LogP contribution in [0.1, 0.15) is 25.7 Å². The lowest BCUT2D eigenvalue weighted by Gasteiger charge is -2.06. The Morgan fingerprint density at radius 1 is 1.24 bits per heavy atom. The van der Waals surface area contributed by atoms with Gasteiger partial charge in [-0.25, -0.2) is 4.98 Å². The Bertz CT molecular complexity index is 611. The number of nitrogens with zero attached hydrogens (tertiary/aromatic N) is 1. The molecule has 0 saturated heterocycles. The van der Waals surface area contributed by atoms with Crippen molar-refractivity contribution >= 4 is 28.9 Å². The molecular formula is C15H16N2O3S. The van der Waals surface area contributed by atoms with E-state index in [2.05, 4.69) is 10.3 Å². The first kappa shape index (κ1) is 15.2. The van der Waals surface area contributed by atoms with Gasteiger partial charge in [0.05, 0.1) is 0 Å². The van der Waals surface area contributed by atoms with Gasteiger partial charge in [-0.15, -0.1) is 11.3 Å². The molecule has 0 unspecified atom stereocenters. The number of hydrogen-bond donors (Lipinski definition) is 2. The second-order valence-electron chi connectivity index (χ2n) is 4.57. The summed E-state index contributed by atoms with van der Waals surface area (Å²) in [5.74, 6) is -0.928. The number of carboxylic acid groups (broad SMARTS) is 1. The molecular weight excluding hydrogens is 288 g/mol. The molecule has 0 saturated carbocycles. The smallest absolute Gasteiger partial charge is 0.303 e. The largest absolute Gasteiger partial charge is 0.481 e. The number of carboxylic acids is 1. The second-order valence-corrected chi connectivity index (χ2v) is 5.46. The summed E-state index contributed by atoms with van der Waals surface area (Å²) in [5.41, 5.74) is 1.69. The lowest BCUT2D eigenvalue weighted by atomic mass is 10.1. The van der Waals surface area contributed by atoms with Crippen LogP contribution in [-0.4, -0.2) is 22.0 Å². The first-order chi connectivity index (χ1) is 10.1. The van der Waals surface area contributed by atoms with Crippen molar-refractivity contribution in [2.75, 3.05) is 5.32 Å². The van der Waals surface area contributed by atoms with Crippen molar-refractivity contribution in [1.82, 2.24) is 4.98 Å². The summed E-state index contributed by atoms with van der Waals surface area (Å²) in [6.45, 7) is 0. The molecule has 2 rings (SSSR count). The molecule has 2 N–H and O–H groups in total. The van der Waals surface area contributed by atoms with E-state index in [9.17, 15) is 9.59 Å². The van der Waals surface area contributed by atoms with Crippen LogP contribution >= 0.6 is 11.3 Å². The fourth-order valence-electron chi connectivity index (χ4n) is 1.88. The number of anilines is 1. The maximum absolute atomic E-state index is 11.8. The molecule has 1 aromatic heterocycles. The highest BCUT2D eigenvalue weighted by Gasteiger charge is 2.06. The Hall–Kier alpha value is -2.21. The number of rotatable bonds is 7. The summed E-state index contributed by atoms with van der Waals surface area (Å²) in [6, 6.07) is 7.53. The first-order valence-electron chi connectivity index (χ1n) is 6.67. The summed E-state index contributed by atoms with van der Waals surface area (Å²) >= 11 is 1.54. The number of nitrogens with one attached hydrogen (secondary N) is 1. The summed E-state index contributed by atoms with van der Waals surface area (Å²) in [5, 5.41) is 14.2. The van der Waals surface area contributed by atoms with E-state index in [1.54, 1.807) is 17.5 Å². The Morgan fingerprint density at radius 3 is 2.76 bits per heavy atom. The van der Waals surface area contributed by atoms with Crippen molar-refractivity contribution < 1.29 is 14.7 Å². The number of thiazole rings is 1. The van der Waals surface area contributed by atoms with Gasteiger partial charge in [0, 0.05) is 35.7 Å². The lowest BCUT2D eigenvalue weighted by Crippen LogP contribution is -2.11. The van der Waals surface area contributed by atoms with E-state index >= 15 is 0 Å². The molecule has 0 fully saturated rings. The number of amides is 1. The second kappa shape index (κ2) is 7.54. The van der Waals surface area contributed by atoms with Crippen LogP contribution in [0, 0.1) is 0 Å². The average Bonchev–Trinajstić information content (AvgIpc) is 2.98. The Balaban J connectivity index is 1.86. The molecule has 0 atom stereocenters. The van der Waals surface area contributed by atoms with E-state index in [1.165, 1.54) is 0 Å². The van der Waals surface area contributed by atoms with Crippen molar-refractivity contribution in [3.8, 4) is 10.6 Å². The van der Waals surface area contributed by atoms with Crippen LogP contribution in [0.2, 0.25) is 0 Å². The summed E-state index contributed by atoms with van der Waals surface area (Å²) in [7, 11) is 0. The van der Waals surface area contributed by atoms with E-state index in [1.807, 2.05) is 29.6 Å². The third kappa shape index (κ3) is 5.00. The zero-order chi connectivity index (χ0) is 15.1. The first-order valence-corrected chi connectivity index (χ1v) is 7.54. The minimum atomic E-state index is -0.827. The minimum Gasteiger partial charge on any atom is -0.481 e. The van der Waals surface area contributed by atoms with Gasteiger partial charge in [-0.3, -0.25) is 9.59 Å². The van der Waals surface area contributed by atoms with E-state index in [0.717, 1.165) is 16.3 Å². The van der Waals surface area contributed by atoms with Crippen LogP contribution in [0.25, 0.3) is 10.6 Å². The van der Waals surface area contributed by atoms with Crippen molar-refractivity contribution in [3.05, 3.63) is 35.8 Å². The molecule has 0 bridgehead atoms. The van der Waals surface area contributed by atoms with Crippen molar-refractivity contribution in [1.29, 1.82) is 0 Å². The van der Waals surface area contributed by atoms with Crippen LogP contribution in [-0.2, 0) is 9.59 Å². The van der Waals surface area contributed by atoms with Gasteiger partial charge < -0.3 is 10.4 Å². The molecule has 0 aliphatic heterocycles. The molecule has 5 nitrogen and oxygen atoms in total. The van der Waals surface area contributed by atoms with Gasteiger partial charge in [-0.1, -0.05) is 12.1 Å². The third-order valence-corrected chi connectivity index (χ3v) is 3.69. The van der Waals surface area contributed by atoms with E-state index in [-0.39, 0.29) is 12.3 Å². The number of carbonyl (C=O) groups excluding carboxylic acids is 1. The van der Waals surface area contributed by atoms with Crippen molar-refractivity contribution in [3.63, 3.8) is 0 Å². The fourth-order valence-corrected chi connectivity index (χ4v) is 2.52. The topological polar surface area (TPSA) is 79.3 Å². The molecule has 110 valence electrons. The van der Waals surface area contributed by atoms with E-state index in [0.29, 0.717) is 19.3 Å². The minimum absolute atomic E-state index is 0.100. The Labute approximate surface area is 126 Å². The van der Waals surface area contributed by atoms with Crippen LogP contribution in [0.15, 0.2) is 35.8 Å². The molecule has 1 heterocycles. The predicted octanol–water partition coefficient (Wildman–Crippen LogP) is 3.39. The lowest BCUT2D eigenvalue weighted by molar-refractivity contribution is -0.137. The Kier molecular flexibility index (Phi) is 5.45. The summed E-state index contributed by atoms with van der Waals surface area (Å²) in [4.78, 5) is 26.4. The molecule has 1 aromatic carbocycles. The predicted molar refractivity (Wildman–Crippen MR) is 82.3 cm³/mol. The summed E-state index contributed by atoms with van der Waals surface area (Å²) in [6.07, 6.45) is 3.27. The van der Waals surface area contributed by atoms with Gasteiger partial charge in [0.2, 0.25) is 5.91 Å². The SMILES string of the molecule is O=C(O)CCCCC(=O)Nc1cccc(-c2nccs2)c1. The zero-order valence-electron chi connectivity index (χ0n) is 11.4. The Morgan fingerprint density at radius 2 is 2.05 bits per heavy atom. The average molecular weight is 304 g/mol. The van der Waals surface area contributed by atoms with Crippen LogP contribution < -0.4 is 5.32 Å². The number of aliphatic carboxylic acids is 1. The highest BCUT2D eigenvalue weighted by molar-refractivity contribution is 7.13. The maximum Gasteiger partial charge on any atom is 0.303 e. The molecule has 0 aliphatic rings. The van der Waals surface area contributed by atoms with Crippen molar-refractivity contribution in [2.24, 2.45) is 0 Å². The van der Waals surface area contributed by atoms with Gasteiger partial charge >= 0.3 is 5.97 Å². The standard InChI is InChI=1S/C15H16N2O3S/c18-13(6-1-2-7-14(19)20)17-12-5-3-4-11(10-12)15-16-8-9-21-15/h3-5,8-10H,1-2,6-7H2,(H,17,18)(H,19,20). The highest BCUT2D eigenvalue weighted by Crippen LogP contribution is 2.24. The number of hydrogen-bond acceptors (Lipinski definition) is 4. The number of carbonyl (C=O) groups is 2. The van der Waals surface area contributed by atoms with Crippen LogP contribution in [0.3, 0.4) is 0 Å². The van der Waals surface area contributed by atoms with Gasteiger partial charge in [0.1, 0.15) is 5.01 Å². The van der Waals surface area contributed by atoms with Gasteiger partial charge in [0.15, 0.2) is 0 Å². The van der Waals surface area contributed by atoms with Gasteiger partial charge in [0.25, 0.3) is 0 Å². The zero-order valence-corrected chi connectivity index (χ0v) is 12.2. The quantitative estimate of drug-likeness (QED) is 0.768. The fraction of sp³-hybridized carbons (Fsp3) is 0.267. The van der Waals surface area contributed by atoms with Crippen LogP contribution in [0.5, 0.6) is 0 Å². The molecule has 0 aliphatic carbocycles. The van der Waals surface area contributed by atoms with E-state index in [4.69, 9.17) is 5.11 Å². The number of aromatic nitrogens is 1. The number of unbranched alkanes of at least 4 members (excludes halogenated alkanes) is 1. The molecule has 0 radical (unpaired) electrons. The monoisotopic (exact) mass is 304 g/mol. The normalized spacial score (nSPS) is 10.3. The van der Waals surface area contributed by atoms with E-state index < -0.39 is 5.97 Å². The molecule has 21 heavy (non-hydrogen) atoms. The van der Waals surface area contributed by atoms with Gasteiger partial charge in [-0.2, -0.15) is 0 Å². The third-order valence-electron chi connectivity index (χ3n) is 2.87. The highest BCUT2D eigenvalue weighted by atomic mass is 32.1. The molecule has 1 amide bonds. The molecule has 2 aromatic rings. The van der Waals surface area contributed by atoms with Crippen LogP contribution in [0.4, 0.5) is 5.69 Å². The molecule has 6 heteroatoms. The maximum atomic E-state index is 11.8. The summed E-state index contributed by atoms with van der Waals surface area (Å²) < 4.78 is 0. The van der Waals surface area contributed by atoms with Crippen molar-refractivity contribution in [2.45, 2.75) is 25.7 Å². The molecule has 0 spiro atoms. The number of benzene rings is 1.